The number of hydrogen-bond acceptors (Lipinski definition) is 2. The Labute approximate surface area is 132 Å². The van der Waals surface area contributed by atoms with E-state index in [1.807, 2.05) is 13.0 Å². The van der Waals surface area contributed by atoms with Crippen LogP contribution in [0.4, 0.5) is 5.69 Å². The number of carbonyl (C=O) groups is 1. The molecule has 2 aromatic rings. The summed E-state index contributed by atoms with van der Waals surface area (Å²) in [5.41, 5.74) is 5.39. The van der Waals surface area contributed by atoms with Crippen molar-refractivity contribution in [2.24, 2.45) is 0 Å². The number of benzene rings is 1. The van der Waals surface area contributed by atoms with E-state index in [1.54, 1.807) is 0 Å². The van der Waals surface area contributed by atoms with Gasteiger partial charge in [-0.1, -0.05) is 25.0 Å². The highest BCUT2D eigenvalue weighted by Gasteiger charge is 2.17. The minimum atomic E-state index is 0.781. The lowest BCUT2D eigenvalue weighted by molar-refractivity contribution is 0.112. The maximum absolute atomic E-state index is 11.2. The van der Waals surface area contributed by atoms with Gasteiger partial charge in [0, 0.05) is 30.0 Å². The first-order chi connectivity index (χ1) is 10.7. The second-order valence-corrected chi connectivity index (χ2v) is 6.17. The summed E-state index contributed by atoms with van der Waals surface area (Å²) >= 11 is 0. The Balaban J connectivity index is 2.08. The van der Waals surface area contributed by atoms with Crippen LogP contribution < -0.4 is 4.90 Å². The van der Waals surface area contributed by atoms with Crippen LogP contribution >= 0.6 is 0 Å². The number of aryl methyl sites for hydroxylation is 1. The van der Waals surface area contributed by atoms with Gasteiger partial charge in [-0.3, -0.25) is 4.79 Å². The van der Waals surface area contributed by atoms with Crippen molar-refractivity contribution >= 4 is 12.0 Å². The highest BCUT2D eigenvalue weighted by Crippen LogP contribution is 2.30. The SMILES string of the molecule is Cc1cc(C=O)c(C)n1-c1ccccc1N1CCCCCC1. The van der Waals surface area contributed by atoms with Gasteiger partial charge in [0.1, 0.15) is 0 Å². The molecule has 0 amide bonds. The average Bonchev–Trinajstić information content (AvgIpc) is 2.73. The fourth-order valence-corrected chi connectivity index (χ4v) is 3.51. The van der Waals surface area contributed by atoms with E-state index in [-0.39, 0.29) is 0 Å². The van der Waals surface area contributed by atoms with E-state index in [0.717, 1.165) is 36.3 Å². The van der Waals surface area contributed by atoms with Crippen LogP contribution in [-0.2, 0) is 0 Å². The van der Waals surface area contributed by atoms with Gasteiger partial charge in [-0.2, -0.15) is 0 Å². The highest BCUT2D eigenvalue weighted by atomic mass is 16.1. The third kappa shape index (κ3) is 2.68. The number of aromatic nitrogens is 1. The molecule has 3 rings (SSSR count). The summed E-state index contributed by atoms with van der Waals surface area (Å²) in [7, 11) is 0. The molecule has 0 bridgehead atoms. The molecule has 1 aliphatic heterocycles. The van der Waals surface area contributed by atoms with Crippen molar-refractivity contribution in [1.29, 1.82) is 0 Å². The van der Waals surface area contributed by atoms with Gasteiger partial charge in [-0.05, 0) is 44.9 Å². The first-order valence-corrected chi connectivity index (χ1v) is 8.21. The van der Waals surface area contributed by atoms with Crippen LogP contribution in [0.3, 0.4) is 0 Å². The lowest BCUT2D eigenvalue weighted by atomic mass is 10.2. The Morgan fingerprint density at radius 2 is 1.59 bits per heavy atom. The van der Waals surface area contributed by atoms with Crippen molar-refractivity contribution < 1.29 is 4.79 Å². The monoisotopic (exact) mass is 296 g/mol. The molecule has 1 aliphatic rings. The summed E-state index contributed by atoms with van der Waals surface area (Å²) in [5.74, 6) is 0. The van der Waals surface area contributed by atoms with Crippen LogP contribution in [0.25, 0.3) is 5.69 Å². The summed E-state index contributed by atoms with van der Waals surface area (Å²) in [4.78, 5) is 13.7. The summed E-state index contributed by atoms with van der Waals surface area (Å²) < 4.78 is 2.21. The third-order valence-corrected chi connectivity index (χ3v) is 4.67. The van der Waals surface area contributed by atoms with Crippen molar-refractivity contribution in [3.8, 4) is 5.69 Å². The Morgan fingerprint density at radius 1 is 0.955 bits per heavy atom. The van der Waals surface area contributed by atoms with Gasteiger partial charge in [-0.25, -0.2) is 0 Å². The fraction of sp³-hybridized carbons (Fsp3) is 0.421. The van der Waals surface area contributed by atoms with E-state index in [1.165, 1.54) is 37.1 Å². The van der Waals surface area contributed by atoms with Crippen LogP contribution in [0.1, 0.15) is 47.4 Å². The topological polar surface area (TPSA) is 25.2 Å². The summed E-state index contributed by atoms with van der Waals surface area (Å²) in [6.45, 7) is 6.34. The van der Waals surface area contributed by atoms with E-state index < -0.39 is 0 Å². The molecule has 22 heavy (non-hydrogen) atoms. The van der Waals surface area contributed by atoms with E-state index in [2.05, 4.69) is 40.7 Å². The summed E-state index contributed by atoms with van der Waals surface area (Å²) in [5, 5.41) is 0. The van der Waals surface area contributed by atoms with Crippen LogP contribution in [0.15, 0.2) is 30.3 Å². The van der Waals surface area contributed by atoms with Gasteiger partial charge in [-0.15, -0.1) is 0 Å². The lowest BCUT2D eigenvalue weighted by Gasteiger charge is -2.26. The molecular weight excluding hydrogens is 272 g/mol. The van der Waals surface area contributed by atoms with Crippen LogP contribution in [0, 0.1) is 13.8 Å². The molecular formula is C19H24N2O. The molecule has 3 heteroatoms. The van der Waals surface area contributed by atoms with Crippen LogP contribution in [-0.4, -0.2) is 23.9 Å². The molecule has 1 saturated heterocycles. The molecule has 0 saturated carbocycles. The highest BCUT2D eigenvalue weighted by molar-refractivity contribution is 5.78. The zero-order chi connectivity index (χ0) is 15.5. The number of rotatable bonds is 3. The van der Waals surface area contributed by atoms with Crippen LogP contribution in [0.5, 0.6) is 0 Å². The predicted molar refractivity (Wildman–Crippen MR) is 91.3 cm³/mol. The lowest BCUT2D eigenvalue weighted by Crippen LogP contribution is -2.25. The van der Waals surface area contributed by atoms with Crippen molar-refractivity contribution in [3.05, 3.63) is 47.3 Å². The quantitative estimate of drug-likeness (QED) is 0.790. The second kappa shape index (κ2) is 6.39. The maximum Gasteiger partial charge on any atom is 0.151 e. The molecule has 0 atom stereocenters. The molecule has 0 N–H and O–H groups in total. The molecule has 116 valence electrons. The molecule has 1 aromatic heterocycles. The largest absolute Gasteiger partial charge is 0.370 e. The first kappa shape index (κ1) is 14.9. The third-order valence-electron chi connectivity index (χ3n) is 4.67. The number of nitrogens with zero attached hydrogens (tertiary/aromatic N) is 2. The van der Waals surface area contributed by atoms with Gasteiger partial charge < -0.3 is 9.47 Å². The predicted octanol–water partition coefficient (Wildman–Crippen LogP) is 4.29. The average molecular weight is 296 g/mol. The van der Waals surface area contributed by atoms with E-state index in [0.29, 0.717) is 0 Å². The van der Waals surface area contributed by atoms with E-state index >= 15 is 0 Å². The molecule has 3 nitrogen and oxygen atoms in total. The number of hydrogen-bond donors (Lipinski definition) is 0. The van der Waals surface area contributed by atoms with Crippen molar-refractivity contribution in [1.82, 2.24) is 4.57 Å². The van der Waals surface area contributed by atoms with Crippen molar-refractivity contribution in [2.75, 3.05) is 18.0 Å². The molecule has 0 spiro atoms. The van der Waals surface area contributed by atoms with Gasteiger partial charge in [0.15, 0.2) is 6.29 Å². The van der Waals surface area contributed by atoms with E-state index in [9.17, 15) is 4.79 Å². The van der Waals surface area contributed by atoms with E-state index in [4.69, 9.17) is 0 Å². The zero-order valence-corrected chi connectivity index (χ0v) is 13.5. The van der Waals surface area contributed by atoms with Crippen molar-refractivity contribution in [2.45, 2.75) is 39.5 Å². The van der Waals surface area contributed by atoms with Crippen molar-refractivity contribution in [3.63, 3.8) is 0 Å². The minimum Gasteiger partial charge on any atom is -0.370 e. The number of aldehydes is 1. The minimum absolute atomic E-state index is 0.781. The first-order valence-electron chi connectivity index (χ1n) is 8.21. The molecule has 2 heterocycles. The standard InChI is InChI=1S/C19H24N2O/c1-15-13-17(14-22)16(2)21(15)19-10-6-5-9-18(19)20-11-7-3-4-8-12-20/h5-6,9-10,13-14H,3-4,7-8,11-12H2,1-2H3. The maximum atomic E-state index is 11.2. The van der Waals surface area contributed by atoms with Gasteiger partial charge in [0.2, 0.25) is 0 Å². The molecule has 0 aliphatic carbocycles. The second-order valence-electron chi connectivity index (χ2n) is 6.17. The Kier molecular flexibility index (Phi) is 4.32. The fourth-order valence-electron chi connectivity index (χ4n) is 3.51. The number of anilines is 1. The zero-order valence-electron chi connectivity index (χ0n) is 13.5. The van der Waals surface area contributed by atoms with Gasteiger partial charge >= 0.3 is 0 Å². The van der Waals surface area contributed by atoms with Gasteiger partial charge in [0.05, 0.1) is 11.4 Å². The Morgan fingerprint density at radius 3 is 2.18 bits per heavy atom. The Hall–Kier alpha value is -2.03. The molecule has 1 fully saturated rings. The van der Waals surface area contributed by atoms with Gasteiger partial charge in [0.25, 0.3) is 0 Å². The molecule has 0 unspecified atom stereocenters. The summed E-state index contributed by atoms with van der Waals surface area (Å²) in [6, 6.07) is 10.5. The van der Waals surface area contributed by atoms with Crippen LogP contribution in [0.2, 0.25) is 0 Å². The summed E-state index contributed by atoms with van der Waals surface area (Å²) in [6.07, 6.45) is 6.13. The Bertz CT molecular complexity index is 664. The number of carbonyl (C=O) groups excluding carboxylic acids is 1. The number of para-hydroxylation sites is 2. The molecule has 0 radical (unpaired) electrons. The molecule has 1 aromatic carbocycles. The smallest absolute Gasteiger partial charge is 0.151 e. The normalized spacial score (nSPS) is 15.6.